The number of fused-ring (bicyclic) bond motifs is 1. The Morgan fingerprint density at radius 2 is 1.95 bits per heavy atom. The predicted molar refractivity (Wildman–Crippen MR) is 74.8 cm³/mol. The molecule has 1 amide bonds. The van der Waals surface area contributed by atoms with Crippen LogP contribution in [0.4, 0.5) is 5.69 Å². The van der Waals surface area contributed by atoms with Gasteiger partial charge in [-0.25, -0.2) is 0 Å². The Kier molecular flexibility index (Phi) is 3.04. The van der Waals surface area contributed by atoms with Crippen molar-refractivity contribution < 1.29 is 9.53 Å². The first-order valence-corrected chi connectivity index (χ1v) is 6.03. The number of ether oxygens (including phenoxy) is 1. The molecule has 0 saturated heterocycles. The van der Waals surface area contributed by atoms with Gasteiger partial charge in [-0.2, -0.15) is 15.4 Å². The van der Waals surface area contributed by atoms with Crippen LogP contribution >= 0.6 is 0 Å². The maximum absolute atomic E-state index is 12.2. The highest BCUT2D eigenvalue weighted by molar-refractivity contribution is 6.07. The summed E-state index contributed by atoms with van der Waals surface area (Å²) in [4.78, 5) is 12.2. The van der Waals surface area contributed by atoms with Gasteiger partial charge in [-0.15, -0.1) is 0 Å². The molecular formula is C14H12N4O2. The van der Waals surface area contributed by atoms with Crippen LogP contribution in [-0.4, -0.2) is 28.4 Å². The van der Waals surface area contributed by atoms with Crippen molar-refractivity contribution in [2.75, 3.05) is 12.4 Å². The molecule has 0 atom stereocenters. The van der Waals surface area contributed by atoms with Crippen LogP contribution in [0.5, 0.6) is 5.75 Å². The van der Waals surface area contributed by atoms with E-state index >= 15 is 0 Å². The number of aromatic nitrogens is 3. The van der Waals surface area contributed by atoms with E-state index in [0.29, 0.717) is 28.0 Å². The average molecular weight is 268 g/mol. The Morgan fingerprint density at radius 3 is 2.70 bits per heavy atom. The van der Waals surface area contributed by atoms with Crippen molar-refractivity contribution in [2.45, 2.75) is 0 Å². The van der Waals surface area contributed by atoms with Gasteiger partial charge in [0.2, 0.25) is 0 Å². The van der Waals surface area contributed by atoms with Crippen LogP contribution in [0.15, 0.2) is 42.5 Å². The number of nitrogens with one attached hydrogen (secondary N) is 2. The second kappa shape index (κ2) is 5.00. The second-order valence-corrected chi connectivity index (χ2v) is 4.18. The second-order valence-electron chi connectivity index (χ2n) is 4.18. The summed E-state index contributed by atoms with van der Waals surface area (Å²) in [5.74, 6) is 0.503. The number of aromatic amines is 1. The van der Waals surface area contributed by atoms with Gasteiger partial charge in [0.25, 0.3) is 5.91 Å². The van der Waals surface area contributed by atoms with Gasteiger partial charge in [0.05, 0.1) is 12.8 Å². The molecule has 2 N–H and O–H groups in total. The first kappa shape index (κ1) is 12.2. The molecule has 0 aliphatic heterocycles. The minimum absolute atomic E-state index is 0.205. The number of hydrogen-bond donors (Lipinski definition) is 2. The number of para-hydroxylation sites is 1. The molecule has 0 aliphatic carbocycles. The molecule has 1 heterocycles. The lowest BCUT2D eigenvalue weighted by Gasteiger charge is -2.06. The van der Waals surface area contributed by atoms with Gasteiger partial charge in [0, 0.05) is 5.56 Å². The van der Waals surface area contributed by atoms with Crippen molar-refractivity contribution in [1.82, 2.24) is 15.4 Å². The fourth-order valence-electron chi connectivity index (χ4n) is 1.91. The van der Waals surface area contributed by atoms with Gasteiger partial charge in [0.15, 0.2) is 0 Å². The number of anilines is 1. The quantitative estimate of drug-likeness (QED) is 0.763. The Morgan fingerprint density at radius 1 is 1.15 bits per heavy atom. The molecular weight excluding hydrogens is 256 g/mol. The van der Waals surface area contributed by atoms with E-state index in [0.717, 1.165) is 0 Å². The highest BCUT2D eigenvalue weighted by Gasteiger charge is 2.10. The maximum atomic E-state index is 12.2. The van der Waals surface area contributed by atoms with Crippen LogP contribution < -0.4 is 10.1 Å². The smallest absolute Gasteiger partial charge is 0.255 e. The summed E-state index contributed by atoms with van der Waals surface area (Å²) in [6.45, 7) is 0. The molecule has 20 heavy (non-hydrogen) atoms. The zero-order valence-electron chi connectivity index (χ0n) is 10.8. The van der Waals surface area contributed by atoms with Crippen LogP contribution in [-0.2, 0) is 0 Å². The lowest BCUT2D eigenvalue weighted by Crippen LogP contribution is -2.12. The number of carbonyl (C=O) groups excluding carboxylic acids is 1. The van der Waals surface area contributed by atoms with Gasteiger partial charge >= 0.3 is 0 Å². The third-order valence-corrected chi connectivity index (χ3v) is 2.95. The molecule has 0 unspecified atom stereocenters. The lowest BCUT2D eigenvalue weighted by molar-refractivity contribution is 0.102. The normalized spacial score (nSPS) is 10.4. The molecule has 100 valence electrons. The summed E-state index contributed by atoms with van der Waals surface area (Å²) in [5.41, 5.74) is 2.51. The van der Waals surface area contributed by atoms with Crippen molar-refractivity contribution >= 4 is 22.6 Å². The number of nitrogens with zero attached hydrogens (tertiary/aromatic N) is 2. The van der Waals surface area contributed by atoms with E-state index in [1.54, 1.807) is 37.4 Å². The molecule has 3 aromatic rings. The molecule has 6 heteroatoms. The Labute approximate surface area is 114 Å². The summed E-state index contributed by atoms with van der Waals surface area (Å²) in [7, 11) is 1.58. The largest absolute Gasteiger partial charge is 0.497 e. The number of rotatable bonds is 3. The number of amides is 1. The monoisotopic (exact) mass is 268 g/mol. The molecule has 0 radical (unpaired) electrons. The summed E-state index contributed by atoms with van der Waals surface area (Å²) in [6.07, 6.45) is 0. The zero-order chi connectivity index (χ0) is 13.9. The van der Waals surface area contributed by atoms with E-state index in [1.807, 2.05) is 12.1 Å². The SMILES string of the molecule is COc1ccc(C(=O)Nc2cccc3n[nH]nc23)cc1. The molecule has 0 fully saturated rings. The van der Waals surface area contributed by atoms with Crippen LogP contribution in [0.3, 0.4) is 0 Å². The molecule has 1 aromatic heterocycles. The van der Waals surface area contributed by atoms with E-state index in [-0.39, 0.29) is 5.91 Å². The summed E-state index contributed by atoms with van der Waals surface area (Å²) in [6, 6.07) is 12.3. The number of H-pyrrole nitrogens is 1. The molecule has 6 nitrogen and oxygen atoms in total. The summed E-state index contributed by atoms with van der Waals surface area (Å²) >= 11 is 0. The van der Waals surface area contributed by atoms with Gasteiger partial charge in [-0.1, -0.05) is 6.07 Å². The fourth-order valence-corrected chi connectivity index (χ4v) is 1.91. The standard InChI is InChI=1S/C14H12N4O2/c1-20-10-7-5-9(6-8-10)14(19)15-11-3-2-4-12-13(11)17-18-16-12/h2-8H,1H3,(H,15,19)(H,16,17,18). The Balaban J connectivity index is 1.86. The molecule has 0 saturated carbocycles. The van der Waals surface area contributed by atoms with E-state index < -0.39 is 0 Å². The average Bonchev–Trinajstić information content (AvgIpc) is 2.97. The lowest BCUT2D eigenvalue weighted by atomic mass is 10.2. The first-order chi connectivity index (χ1) is 9.78. The van der Waals surface area contributed by atoms with Crippen molar-refractivity contribution in [3.8, 4) is 5.75 Å². The first-order valence-electron chi connectivity index (χ1n) is 6.03. The summed E-state index contributed by atoms with van der Waals surface area (Å²) in [5, 5.41) is 13.4. The Bertz CT molecular complexity index is 749. The van der Waals surface area contributed by atoms with Gasteiger partial charge in [-0.3, -0.25) is 4.79 Å². The van der Waals surface area contributed by atoms with E-state index in [4.69, 9.17) is 4.74 Å². The van der Waals surface area contributed by atoms with Crippen molar-refractivity contribution in [1.29, 1.82) is 0 Å². The maximum Gasteiger partial charge on any atom is 0.255 e. The number of carbonyl (C=O) groups is 1. The molecule has 2 aromatic carbocycles. The van der Waals surface area contributed by atoms with Crippen LogP contribution in [0.2, 0.25) is 0 Å². The van der Waals surface area contributed by atoms with Crippen molar-refractivity contribution in [3.05, 3.63) is 48.0 Å². The molecule has 0 spiro atoms. The Hall–Kier alpha value is -2.89. The summed E-state index contributed by atoms with van der Waals surface area (Å²) < 4.78 is 5.06. The molecule has 0 aliphatic rings. The fraction of sp³-hybridized carbons (Fsp3) is 0.0714. The molecule has 3 rings (SSSR count). The van der Waals surface area contributed by atoms with Gasteiger partial charge < -0.3 is 10.1 Å². The van der Waals surface area contributed by atoms with Crippen LogP contribution in [0.25, 0.3) is 11.0 Å². The van der Waals surface area contributed by atoms with Gasteiger partial charge in [0.1, 0.15) is 16.8 Å². The molecule has 0 bridgehead atoms. The van der Waals surface area contributed by atoms with E-state index in [9.17, 15) is 4.79 Å². The number of benzene rings is 2. The highest BCUT2D eigenvalue weighted by Crippen LogP contribution is 2.20. The van der Waals surface area contributed by atoms with E-state index in [1.165, 1.54) is 0 Å². The minimum atomic E-state index is -0.205. The minimum Gasteiger partial charge on any atom is -0.497 e. The zero-order valence-corrected chi connectivity index (χ0v) is 10.8. The third-order valence-electron chi connectivity index (χ3n) is 2.95. The number of hydrogen-bond acceptors (Lipinski definition) is 4. The van der Waals surface area contributed by atoms with E-state index in [2.05, 4.69) is 20.7 Å². The van der Waals surface area contributed by atoms with Crippen LogP contribution in [0.1, 0.15) is 10.4 Å². The highest BCUT2D eigenvalue weighted by atomic mass is 16.5. The number of methoxy groups -OCH3 is 1. The van der Waals surface area contributed by atoms with Gasteiger partial charge in [-0.05, 0) is 36.4 Å². The topological polar surface area (TPSA) is 79.9 Å². The van der Waals surface area contributed by atoms with Crippen molar-refractivity contribution in [3.63, 3.8) is 0 Å². The predicted octanol–water partition coefficient (Wildman–Crippen LogP) is 2.22. The van der Waals surface area contributed by atoms with Crippen LogP contribution in [0, 0.1) is 0 Å². The van der Waals surface area contributed by atoms with Crippen molar-refractivity contribution in [2.24, 2.45) is 0 Å². The third kappa shape index (κ3) is 2.18.